The van der Waals surface area contributed by atoms with Crippen LogP contribution in [0.1, 0.15) is 26.2 Å². The fourth-order valence-corrected chi connectivity index (χ4v) is 2.39. The number of amides is 1. The molecule has 1 unspecified atom stereocenters. The van der Waals surface area contributed by atoms with Gasteiger partial charge in [-0.15, -0.1) is 0 Å². The van der Waals surface area contributed by atoms with E-state index < -0.39 is 0 Å². The van der Waals surface area contributed by atoms with Gasteiger partial charge in [0.15, 0.2) is 0 Å². The predicted molar refractivity (Wildman–Crippen MR) is 78.3 cm³/mol. The van der Waals surface area contributed by atoms with Crippen LogP contribution in [0.3, 0.4) is 0 Å². The highest BCUT2D eigenvalue weighted by Gasteiger charge is 2.25. The van der Waals surface area contributed by atoms with E-state index in [-0.39, 0.29) is 11.9 Å². The van der Waals surface area contributed by atoms with Gasteiger partial charge in [-0.1, -0.05) is 19.8 Å². The zero-order valence-electron chi connectivity index (χ0n) is 12.0. The molecule has 0 aliphatic carbocycles. The molecule has 1 aliphatic rings. The second kappa shape index (κ2) is 7.19. The van der Waals surface area contributed by atoms with Gasteiger partial charge in [-0.25, -0.2) is 4.98 Å². The van der Waals surface area contributed by atoms with Crippen molar-refractivity contribution < 1.29 is 4.79 Å². The van der Waals surface area contributed by atoms with E-state index in [1.165, 1.54) is 0 Å². The van der Waals surface area contributed by atoms with Crippen LogP contribution >= 0.6 is 0 Å². The minimum absolute atomic E-state index is 0.0808. The third-order valence-corrected chi connectivity index (χ3v) is 3.65. The maximum Gasteiger partial charge on any atom is 0.239 e. The summed E-state index contributed by atoms with van der Waals surface area (Å²) in [5.41, 5.74) is 5.95. The van der Waals surface area contributed by atoms with Crippen molar-refractivity contribution in [2.45, 2.75) is 32.2 Å². The second-order valence-corrected chi connectivity index (χ2v) is 5.12. The first-order valence-electron chi connectivity index (χ1n) is 7.27. The first-order valence-corrected chi connectivity index (χ1v) is 7.27. The molecule has 1 aromatic heterocycles. The number of nitrogens with two attached hydrogens (primary N) is 1. The van der Waals surface area contributed by atoms with Gasteiger partial charge in [0.2, 0.25) is 5.91 Å². The molecule has 2 N–H and O–H groups in total. The Morgan fingerprint density at radius 2 is 2.10 bits per heavy atom. The smallest absolute Gasteiger partial charge is 0.239 e. The van der Waals surface area contributed by atoms with Crippen molar-refractivity contribution in [2.24, 2.45) is 5.73 Å². The molecule has 1 atom stereocenters. The summed E-state index contributed by atoms with van der Waals surface area (Å²) in [6, 6.07) is -0.349. The normalized spacial score (nSPS) is 17.1. The molecule has 1 amide bonds. The van der Waals surface area contributed by atoms with Crippen molar-refractivity contribution >= 4 is 11.7 Å². The lowest BCUT2D eigenvalue weighted by Crippen LogP contribution is -2.53. The van der Waals surface area contributed by atoms with Gasteiger partial charge in [-0.3, -0.25) is 9.78 Å². The molecule has 2 heterocycles. The highest BCUT2D eigenvalue weighted by Crippen LogP contribution is 2.12. The van der Waals surface area contributed by atoms with Crippen LogP contribution in [0, 0.1) is 0 Å². The summed E-state index contributed by atoms with van der Waals surface area (Å²) in [5.74, 6) is 0.951. The Labute approximate surface area is 120 Å². The van der Waals surface area contributed by atoms with E-state index in [4.69, 9.17) is 5.73 Å². The van der Waals surface area contributed by atoms with Gasteiger partial charge < -0.3 is 15.5 Å². The number of nitrogens with zero attached hydrogens (tertiary/aromatic N) is 4. The molecule has 0 bridgehead atoms. The Bertz CT molecular complexity index is 417. The molecule has 20 heavy (non-hydrogen) atoms. The van der Waals surface area contributed by atoms with Crippen molar-refractivity contribution in [1.29, 1.82) is 0 Å². The standard InChI is InChI=1S/C14H23N5O/c1-2-3-4-12(15)14(20)19-9-7-18(8-10-19)13-11-16-5-6-17-13/h5-6,11-12H,2-4,7-10,15H2,1H3. The molecule has 1 saturated heterocycles. The van der Waals surface area contributed by atoms with Gasteiger partial charge in [-0.05, 0) is 6.42 Å². The number of rotatable bonds is 5. The van der Waals surface area contributed by atoms with Crippen molar-refractivity contribution in [3.8, 4) is 0 Å². The SMILES string of the molecule is CCCCC(N)C(=O)N1CCN(c2cnccn2)CC1. The molecule has 0 spiro atoms. The van der Waals surface area contributed by atoms with Gasteiger partial charge in [0.1, 0.15) is 5.82 Å². The van der Waals surface area contributed by atoms with Crippen molar-refractivity contribution in [2.75, 3.05) is 31.1 Å². The Hall–Kier alpha value is -1.69. The summed E-state index contributed by atoms with van der Waals surface area (Å²) in [6.07, 6.45) is 7.96. The lowest BCUT2D eigenvalue weighted by Gasteiger charge is -2.36. The fraction of sp³-hybridized carbons (Fsp3) is 0.643. The third-order valence-electron chi connectivity index (χ3n) is 3.65. The number of anilines is 1. The number of piperazine rings is 1. The topological polar surface area (TPSA) is 75.4 Å². The number of hydrogen-bond donors (Lipinski definition) is 1. The van der Waals surface area contributed by atoms with Crippen LogP contribution in [0.25, 0.3) is 0 Å². The lowest BCUT2D eigenvalue weighted by atomic mass is 10.1. The first kappa shape index (κ1) is 14.7. The zero-order chi connectivity index (χ0) is 14.4. The molecule has 1 fully saturated rings. The summed E-state index contributed by atoms with van der Waals surface area (Å²) in [6.45, 7) is 5.08. The Balaban J connectivity index is 1.83. The average molecular weight is 277 g/mol. The average Bonchev–Trinajstić information content (AvgIpc) is 2.53. The van der Waals surface area contributed by atoms with Crippen molar-refractivity contribution in [3.05, 3.63) is 18.6 Å². The monoisotopic (exact) mass is 277 g/mol. The van der Waals surface area contributed by atoms with E-state index in [2.05, 4.69) is 21.8 Å². The highest BCUT2D eigenvalue weighted by atomic mass is 16.2. The summed E-state index contributed by atoms with van der Waals surface area (Å²) in [7, 11) is 0. The molecule has 110 valence electrons. The van der Waals surface area contributed by atoms with E-state index >= 15 is 0 Å². The predicted octanol–water partition coefficient (Wildman–Crippen LogP) is 0.643. The summed E-state index contributed by atoms with van der Waals surface area (Å²) >= 11 is 0. The van der Waals surface area contributed by atoms with Crippen LogP contribution in [0.2, 0.25) is 0 Å². The van der Waals surface area contributed by atoms with Crippen LogP contribution < -0.4 is 10.6 Å². The van der Waals surface area contributed by atoms with Gasteiger partial charge in [0.25, 0.3) is 0 Å². The Morgan fingerprint density at radius 3 is 2.70 bits per heavy atom. The fourth-order valence-electron chi connectivity index (χ4n) is 2.39. The maximum atomic E-state index is 12.2. The minimum atomic E-state index is -0.349. The largest absolute Gasteiger partial charge is 0.352 e. The number of aromatic nitrogens is 2. The van der Waals surface area contributed by atoms with E-state index in [1.807, 2.05) is 4.90 Å². The van der Waals surface area contributed by atoms with Gasteiger partial charge in [0, 0.05) is 38.6 Å². The quantitative estimate of drug-likeness (QED) is 0.855. The highest BCUT2D eigenvalue weighted by molar-refractivity contribution is 5.81. The summed E-state index contributed by atoms with van der Waals surface area (Å²) in [4.78, 5) is 24.6. The number of carbonyl (C=O) groups is 1. The van der Waals surface area contributed by atoms with Crippen LogP contribution in [-0.4, -0.2) is 53.0 Å². The van der Waals surface area contributed by atoms with E-state index in [9.17, 15) is 4.79 Å². The summed E-state index contributed by atoms with van der Waals surface area (Å²) in [5, 5.41) is 0. The lowest BCUT2D eigenvalue weighted by molar-refractivity contribution is -0.133. The van der Waals surface area contributed by atoms with Crippen LogP contribution in [0.5, 0.6) is 0 Å². The molecule has 0 saturated carbocycles. The van der Waals surface area contributed by atoms with E-state index in [0.29, 0.717) is 13.1 Å². The van der Waals surface area contributed by atoms with Crippen LogP contribution in [0.15, 0.2) is 18.6 Å². The summed E-state index contributed by atoms with van der Waals surface area (Å²) < 4.78 is 0. The van der Waals surface area contributed by atoms with Crippen LogP contribution in [0.4, 0.5) is 5.82 Å². The molecule has 0 aromatic carbocycles. The molecule has 2 rings (SSSR count). The zero-order valence-corrected chi connectivity index (χ0v) is 12.0. The number of hydrogen-bond acceptors (Lipinski definition) is 5. The van der Waals surface area contributed by atoms with Crippen molar-refractivity contribution in [1.82, 2.24) is 14.9 Å². The third kappa shape index (κ3) is 3.66. The molecular weight excluding hydrogens is 254 g/mol. The molecule has 1 aliphatic heterocycles. The van der Waals surface area contributed by atoms with E-state index in [1.54, 1.807) is 18.6 Å². The van der Waals surface area contributed by atoms with Gasteiger partial charge in [-0.2, -0.15) is 0 Å². The molecule has 1 aromatic rings. The molecular formula is C14H23N5O. The molecule has 6 heteroatoms. The molecule has 0 radical (unpaired) electrons. The van der Waals surface area contributed by atoms with Gasteiger partial charge >= 0.3 is 0 Å². The maximum absolute atomic E-state index is 12.2. The number of unbranched alkanes of at least 4 members (excludes halogenated alkanes) is 1. The van der Waals surface area contributed by atoms with Crippen LogP contribution in [-0.2, 0) is 4.79 Å². The van der Waals surface area contributed by atoms with E-state index in [0.717, 1.165) is 38.2 Å². The van der Waals surface area contributed by atoms with Crippen molar-refractivity contribution in [3.63, 3.8) is 0 Å². The molecule has 6 nitrogen and oxygen atoms in total. The Kier molecular flexibility index (Phi) is 5.29. The number of carbonyl (C=O) groups excluding carboxylic acids is 1. The second-order valence-electron chi connectivity index (χ2n) is 5.12. The minimum Gasteiger partial charge on any atom is -0.352 e. The first-order chi connectivity index (χ1) is 9.72. The Morgan fingerprint density at radius 1 is 1.35 bits per heavy atom. The van der Waals surface area contributed by atoms with Gasteiger partial charge in [0.05, 0.1) is 12.2 Å².